The van der Waals surface area contributed by atoms with Crippen LogP contribution in [-0.2, 0) is 9.59 Å². The van der Waals surface area contributed by atoms with Crippen molar-refractivity contribution in [1.82, 2.24) is 5.32 Å². The van der Waals surface area contributed by atoms with Crippen molar-refractivity contribution in [3.63, 3.8) is 0 Å². The summed E-state index contributed by atoms with van der Waals surface area (Å²) in [7, 11) is 0. The van der Waals surface area contributed by atoms with Crippen LogP contribution in [0, 0.1) is 5.92 Å². The molecule has 138 valence electrons. The van der Waals surface area contributed by atoms with Crippen molar-refractivity contribution >= 4 is 46.7 Å². The van der Waals surface area contributed by atoms with E-state index in [-0.39, 0.29) is 6.54 Å². The number of rotatable bonds is 4. The van der Waals surface area contributed by atoms with E-state index in [2.05, 4.69) is 10.6 Å². The Hall–Kier alpha value is -3.39. The zero-order chi connectivity index (χ0) is 19.6. The number of hydrogen-bond donors (Lipinski definition) is 3. The molecule has 0 radical (unpaired) electrons. The molecule has 1 saturated heterocycles. The van der Waals surface area contributed by atoms with Gasteiger partial charge in [-0.2, -0.15) is 0 Å². The largest absolute Gasteiger partial charge is 0.366 e. The van der Waals surface area contributed by atoms with Crippen molar-refractivity contribution in [3.8, 4) is 0 Å². The second-order valence-electron chi connectivity index (χ2n) is 5.82. The lowest BCUT2D eigenvalue weighted by Crippen LogP contribution is -2.58. The van der Waals surface area contributed by atoms with E-state index in [1.807, 2.05) is 0 Å². The van der Waals surface area contributed by atoms with Gasteiger partial charge in [-0.1, -0.05) is 11.6 Å². The third kappa shape index (κ3) is 3.90. The van der Waals surface area contributed by atoms with E-state index in [4.69, 9.17) is 17.3 Å². The molecule has 0 bridgehead atoms. The van der Waals surface area contributed by atoms with E-state index in [1.54, 1.807) is 12.1 Å². The smallest absolute Gasteiger partial charge is 0.328 e. The lowest BCUT2D eigenvalue weighted by molar-refractivity contribution is -0.130. The molecule has 1 atom stereocenters. The number of urea groups is 1. The van der Waals surface area contributed by atoms with Crippen molar-refractivity contribution in [2.24, 2.45) is 11.7 Å². The van der Waals surface area contributed by atoms with Gasteiger partial charge in [0.05, 0.1) is 5.69 Å². The van der Waals surface area contributed by atoms with Crippen molar-refractivity contribution in [3.05, 3.63) is 59.1 Å². The quantitative estimate of drug-likeness (QED) is 0.693. The van der Waals surface area contributed by atoms with Crippen molar-refractivity contribution in [2.75, 3.05) is 16.8 Å². The Bertz CT molecular complexity index is 912. The fraction of sp³-hybridized carbons (Fsp3) is 0.111. The Kier molecular flexibility index (Phi) is 5.09. The van der Waals surface area contributed by atoms with Crippen molar-refractivity contribution < 1.29 is 19.2 Å². The molecular weight excluding hydrogens is 372 g/mol. The summed E-state index contributed by atoms with van der Waals surface area (Å²) in [5, 5.41) is 5.58. The van der Waals surface area contributed by atoms with Crippen LogP contribution in [0.25, 0.3) is 0 Å². The van der Waals surface area contributed by atoms with Gasteiger partial charge in [-0.25, -0.2) is 9.69 Å². The zero-order valence-corrected chi connectivity index (χ0v) is 14.7. The van der Waals surface area contributed by atoms with Gasteiger partial charge < -0.3 is 16.4 Å². The van der Waals surface area contributed by atoms with Gasteiger partial charge >= 0.3 is 6.03 Å². The number of hydrogen-bond acceptors (Lipinski definition) is 4. The first-order valence-electron chi connectivity index (χ1n) is 7.95. The maximum atomic E-state index is 12.7. The summed E-state index contributed by atoms with van der Waals surface area (Å²) in [6.07, 6.45) is 0. The Morgan fingerprint density at radius 3 is 2.30 bits per heavy atom. The molecule has 3 rings (SSSR count). The van der Waals surface area contributed by atoms with Crippen LogP contribution in [0.4, 0.5) is 16.2 Å². The molecule has 0 aromatic heterocycles. The highest BCUT2D eigenvalue weighted by Crippen LogP contribution is 2.23. The van der Waals surface area contributed by atoms with Gasteiger partial charge in [0, 0.05) is 22.8 Å². The zero-order valence-electron chi connectivity index (χ0n) is 13.9. The average molecular weight is 387 g/mol. The summed E-state index contributed by atoms with van der Waals surface area (Å²) in [6.45, 7) is -0.118. The number of nitrogens with one attached hydrogen (secondary N) is 2. The number of benzene rings is 2. The minimum Gasteiger partial charge on any atom is -0.366 e. The van der Waals surface area contributed by atoms with Gasteiger partial charge in [0.2, 0.25) is 17.7 Å². The molecule has 0 aliphatic carbocycles. The third-order valence-electron chi connectivity index (χ3n) is 4.02. The Morgan fingerprint density at radius 1 is 1.07 bits per heavy atom. The second-order valence-corrected chi connectivity index (χ2v) is 6.26. The summed E-state index contributed by atoms with van der Waals surface area (Å²) in [6, 6.07) is 11.4. The molecule has 4 N–H and O–H groups in total. The highest BCUT2D eigenvalue weighted by Gasteiger charge is 2.39. The molecular formula is C18H15ClN4O4. The number of imide groups is 1. The minimum atomic E-state index is -1.10. The summed E-state index contributed by atoms with van der Waals surface area (Å²) in [4.78, 5) is 49.3. The summed E-state index contributed by atoms with van der Waals surface area (Å²) in [5.74, 6) is -2.91. The topological polar surface area (TPSA) is 122 Å². The first kappa shape index (κ1) is 18.4. The second kappa shape index (κ2) is 7.46. The number of nitrogens with two attached hydrogens (primary N) is 1. The number of primary amides is 1. The van der Waals surface area contributed by atoms with Crippen LogP contribution in [0.15, 0.2) is 48.5 Å². The van der Waals surface area contributed by atoms with E-state index >= 15 is 0 Å². The fourth-order valence-electron chi connectivity index (χ4n) is 2.60. The number of carbonyl (C=O) groups excluding carboxylic acids is 4. The molecule has 5 amide bonds. The molecule has 0 spiro atoms. The van der Waals surface area contributed by atoms with E-state index < -0.39 is 29.7 Å². The van der Waals surface area contributed by atoms with Gasteiger partial charge in [-0.05, 0) is 48.5 Å². The van der Waals surface area contributed by atoms with Crippen LogP contribution in [0.5, 0.6) is 0 Å². The molecule has 27 heavy (non-hydrogen) atoms. The summed E-state index contributed by atoms with van der Waals surface area (Å²) in [5.41, 5.74) is 6.17. The van der Waals surface area contributed by atoms with E-state index in [9.17, 15) is 19.2 Å². The molecule has 8 nitrogen and oxygen atoms in total. The molecule has 2 aromatic carbocycles. The molecule has 1 heterocycles. The van der Waals surface area contributed by atoms with Crippen LogP contribution in [0.1, 0.15) is 10.4 Å². The number of halogens is 1. The van der Waals surface area contributed by atoms with Crippen LogP contribution < -0.4 is 21.3 Å². The molecule has 2 aromatic rings. The average Bonchev–Trinajstić information content (AvgIpc) is 2.63. The first-order chi connectivity index (χ1) is 12.9. The monoisotopic (exact) mass is 386 g/mol. The highest BCUT2D eigenvalue weighted by molar-refractivity contribution is 6.30. The molecule has 1 fully saturated rings. The van der Waals surface area contributed by atoms with Gasteiger partial charge in [-0.15, -0.1) is 0 Å². The van der Waals surface area contributed by atoms with Gasteiger partial charge in [0.25, 0.3) is 0 Å². The molecule has 1 aliphatic rings. The van der Waals surface area contributed by atoms with E-state index in [0.717, 1.165) is 4.90 Å². The maximum absolute atomic E-state index is 12.7. The SMILES string of the molecule is NC(=O)c1ccc(NC(=O)C2CNC(=O)N(c3ccc(Cl)cc3)C2=O)cc1. The van der Waals surface area contributed by atoms with Gasteiger partial charge in [-0.3, -0.25) is 14.4 Å². The van der Waals surface area contributed by atoms with Crippen molar-refractivity contribution in [1.29, 1.82) is 0 Å². The lowest BCUT2D eigenvalue weighted by Gasteiger charge is -2.30. The maximum Gasteiger partial charge on any atom is 0.328 e. The minimum absolute atomic E-state index is 0.118. The molecule has 0 saturated carbocycles. The Balaban J connectivity index is 1.76. The first-order valence-corrected chi connectivity index (χ1v) is 8.32. The van der Waals surface area contributed by atoms with Crippen LogP contribution in [0.3, 0.4) is 0 Å². The number of amides is 5. The van der Waals surface area contributed by atoms with Crippen molar-refractivity contribution in [2.45, 2.75) is 0 Å². The lowest BCUT2D eigenvalue weighted by atomic mass is 10.0. The third-order valence-corrected chi connectivity index (χ3v) is 4.27. The molecule has 1 aliphatic heterocycles. The standard InChI is InChI=1S/C18H15ClN4O4/c19-11-3-7-13(8-4-11)23-17(26)14(9-21-18(23)27)16(25)22-12-5-1-10(2-6-12)15(20)24/h1-8,14H,9H2,(H2,20,24)(H,21,27)(H,22,25). The number of carbonyl (C=O) groups is 4. The predicted octanol–water partition coefficient (Wildman–Crippen LogP) is 1.75. The Morgan fingerprint density at radius 2 is 1.70 bits per heavy atom. The number of anilines is 2. The predicted molar refractivity (Wildman–Crippen MR) is 99.4 cm³/mol. The van der Waals surface area contributed by atoms with Crippen LogP contribution >= 0.6 is 11.6 Å². The number of nitrogens with zero attached hydrogens (tertiary/aromatic N) is 1. The van der Waals surface area contributed by atoms with E-state index in [1.165, 1.54) is 36.4 Å². The van der Waals surface area contributed by atoms with Gasteiger partial charge in [0.1, 0.15) is 5.92 Å². The normalized spacial score (nSPS) is 16.6. The fourth-order valence-corrected chi connectivity index (χ4v) is 2.72. The van der Waals surface area contributed by atoms with Crippen LogP contribution in [-0.4, -0.2) is 30.3 Å². The molecule has 9 heteroatoms. The molecule has 1 unspecified atom stereocenters. The summed E-state index contributed by atoms with van der Waals surface area (Å²) < 4.78 is 0. The summed E-state index contributed by atoms with van der Waals surface area (Å²) >= 11 is 5.83. The highest BCUT2D eigenvalue weighted by atomic mass is 35.5. The van der Waals surface area contributed by atoms with Crippen LogP contribution in [0.2, 0.25) is 5.02 Å². The van der Waals surface area contributed by atoms with E-state index in [0.29, 0.717) is 22.0 Å². The van der Waals surface area contributed by atoms with Gasteiger partial charge in [0.15, 0.2) is 0 Å². The Labute approximate surface area is 159 Å².